The maximum Gasteiger partial charge on any atom is 0.180 e. The Balaban J connectivity index is 2.67. The summed E-state index contributed by atoms with van der Waals surface area (Å²) in [5, 5.41) is 46.0. The number of rotatable bonds is 2. The molecule has 0 aliphatic heterocycles. The third-order valence-corrected chi connectivity index (χ3v) is 4.93. The highest BCUT2D eigenvalue weighted by Gasteiger charge is 2.28. The molecule has 3 aromatic rings. The van der Waals surface area contributed by atoms with E-state index in [1.807, 2.05) is 0 Å². The molecule has 0 bridgehead atoms. The van der Waals surface area contributed by atoms with Gasteiger partial charge in [-0.05, 0) is 23.8 Å². The molecule has 0 aromatic heterocycles. The normalized spacial score (nSPS) is 10.7. The maximum atomic E-state index is 14.8. The summed E-state index contributed by atoms with van der Waals surface area (Å²) in [6.45, 7) is 0. The van der Waals surface area contributed by atoms with Crippen LogP contribution in [0.15, 0.2) is 36.4 Å². The standard InChI is InChI=1S/C25H6F5N5/c26-15-2-4-16(13(5-15)7-31)18-6-12(14(8-32)9-33)1-3-17(18)19(10-34)21-24(29)22(27)20(11-35)23(28)25(21)30/h1-6H/b19-17+. The van der Waals surface area contributed by atoms with Crippen LogP contribution in [-0.4, -0.2) is 0 Å². The zero-order chi connectivity index (χ0) is 25.9. The summed E-state index contributed by atoms with van der Waals surface area (Å²) in [5.41, 5.74) is -4.77. The SMILES string of the molecule is N#CC(C#N)=c1cc/c(=C(/C#N)c2c(F)c(F)c(C#N)c(F)c2F)c(-c2ccc(F)cc2C#N)c1. The van der Waals surface area contributed by atoms with Crippen LogP contribution in [0.3, 0.4) is 0 Å². The van der Waals surface area contributed by atoms with E-state index in [4.69, 9.17) is 5.26 Å². The first kappa shape index (κ1) is 24.1. The molecule has 0 saturated heterocycles. The molecule has 0 saturated carbocycles. The van der Waals surface area contributed by atoms with Crippen molar-refractivity contribution < 1.29 is 22.0 Å². The number of nitrogens with zero attached hydrogens (tertiary/aromatic N) is 5. The van der Waals surface area contributed by atoms with Gasteiger partial charge < -0.3 is 0 Å². The third-order valence-electron chi connectivity index (χ3n) is 4.93. The maximum absolute atomic E-state index is 14.8. The second kappa shape index (κ2) is 9.55. The van der Waals surface area contributed by atoms with Crippen molar-refractivity contribution >= 4 is 11.1 Å². The average molecular weight is 471 g/mol. The van der Waals surface area contributed by atoms with Gasteiger partial charge in [0.25, 0.3) is 0 Å². The van der Waals surface area contributed by atoms with E-state index in [0.717, 1.165) is 42.5 Å². The zero-order valence-electron chi connectivity index (χ0n) is 17.1. The van der Waals surface area contributed by atoms with Gasteiger partial charge in [-0.1, -0.05) is 18.2 Å². The second-order valence-electron chi connectivity index (χ2n) is 6.77. The van der Waals surface area contributed by atoms with Crippen molar-refractivity contribution in [1.29, 1.82) is 26.3 Å². The molecule has 0 unspecified atom stereocenters. The van der Waals surface area contributed by atoms with Gasteiger partial charge in [-0.2, -0.15) is 26.3 Å². The zero-order valence-corrected chi connectivity index (χ0v) is 17.1. The van der Waals surface area contributed by atoms with Crippen LogP contribution in [0, 0.1) is 85.7 Å². The average Bonchev–Trinajstić information content (AvgIpc) is 2.86. The number of benzene rings is 3. The minimum absolute atomic E-state index is 0.0163. The summed E-state index contributed by atoms with van der Waals surface area (Å²) in [4.78, 5) is 0. The second-order valence-corrected chi connectivity index (χ2v) is 6.77. The first-order valence-electron chi connectivity index (χ1n) is 9.29. The quantitative estimate of drug-likeness (QED) is 0.417. The fraction of sp³-hybridized carbons (Fsp3) is 0. The molecule has 10 heteroatoms. The van der Waals surface area contributed by atoms with Crippen LogP contribution < -0.4 is 10.4 Å². The van der Waals surface area contributed by atoms with E-state index >= 15 is 0 Å². The van der Waals surface area contributed by atoms with Gasteiger partial charge in [0.1, 0.15) is 41.2 Å². The third kappa shape index (κ3) is 4.03. The molecular formula is C25H6F5N5. The molecule has 35 heavy (non-hydrogen) atoms. The predicted molar refractivity (Wildman–Crippen MR) is 110 cm³/mol. The van der Waals surface area contributed by atoms with Gasteiger partial charge in [-0.25, -0.2) is 22.0 Å². The fourth-order valence-electron chi connectivity index (χ4n) is 3.34. The van der Waals surface area contributed by atoms with Crippen LogP contribution in [-0.2, 0) is 0 Å². The van der Waals surface area contributed by atoms with Crippen molar-refractivity contribution in [1.82, 2.24) is 0 Å². The smallest absolute Gasteiger partial charge is 0.180 e. The fourth-order valence-corrected chi connectivity index (χ4v) is 3.34. The Morgan fingerprint density at radius 1 is 0.629 bits per heavy atom. The van der Waals surface area contributed by atoms with Crippen LogP contribution >= 0.6 is 0 Å². The molecule has 0 fully saturated rings. The number of hydrogen-bond donors (Lipinski definition) is 0. The lowest BCUT2D eigenvalue weighted by atomic mass is 9.92. The van der Waals surface area contributed by atoms with E-state index < -0.39 is 51.4 Å². The van der Waals surface area contributed by atoms with Crippen LogP contribution in [0.1, 0.15) is 16.7 Å². The topological polar surface area (TPSA) is 119 Å². The minimum Gasteiger partial charge on any atom is -0.207 e. The van der Waals surface area contributed by atoms with E-state index in [0.29, 0.717) is 0 Å². The number of nitriles is 5. The molecule has 0 aliphatic rings. The van der Waals surface area contributed by atoms with Gasteiger partial charge in [0.2, 0.25) is 0 Å². The Kier molecular flexibility index (Phi) is 6.59. The molecule has 3 rings (SSSR count). The van der Waals surface area contributed by atoms with Crippen molar-refractivity contribution in [2.24, 2.45) is 0 Å². The molecule has 0 atom stereocenters. The molecule has 5 nitrogen and oxygen atoms in total. The van der Waals surface area contributed by atoms with Gasteiger partial charge >= 0.3 is 0 Å². The molecule has 0 amide bonds. The summed E-state index contributed by atoms with van der Waals surface area (Å²) >= 11 is 0. The lowest BCUT2D eigenvalue weighted by Gasteiger charge is -2.11. The summed E-state index contributed by atoms with van der Waals surface area (Å²) in [7, 11) is 0. The Morgan fingerprint density at radius 2 is 1.26 bits per heavy atom. The monoisotopic (exact) mass is 471 g/mol. The first-order chi connectivity index (χ1) is 16.7. The van der Waals surface area contributed by atoms with Crippen molar-refractivity contribution in [2.75, 3.05) is 0 Å². The Hall–Kier alpha value is -5.50. The molecule has 0 N–H and O–H groups in total. The van der Waals surface area contributed by atoms with Gasteiger partial charge in [-0.15, -0.1) is 0 Å². The first-order valence-corrected chi connectivity index (χ1v) is 9.29. The molecule has 0 heterocycles. The molecule has 0 aliphatic carbocycles. The molecular weight excluding hydrogens is 465 g/mol. The lowest BCUT2D eigenvalue weighted by Crippen LogP contribution is -2.19. The summed E-state index contributed by atoms with van der Waals surface area (Å²) in [6, 6.07) is 13.7. The van der Waals surface area contributed by atoms with Crippen LogP contribution in [0.2, 0.25) is 0 Å². The number of hydrogen-bond acceptors (Lipinski definition) is 5. The van der Waals surface area contributed by atoms with Crippen LogP contribution in [0.25, 0.3) is 22.3 Å². The van der Waals surface area contributed by atoms with Crippen LogP contribution in [0.4, 0.5) is 22.0 Å². The largest absolute Gasteiger partial charge is 0.207 e. The summed E-state index contributed by atoms with van der Waals surface area (Å²) in [6.07, 6.45) is 0. The number of halogens is 5. The Labute approximate surface area is 194 Å². The van der Waals surface area contributed by atoms with Crippen molar-refractivity contribution in [3.8, 4) is 41.5 Å². The van der Waals surface area contributed by atoms with E-state index in [1.54, 1.807) is 18.2 Å². The van der Waals surface area contributed by atoms with Crippen molar-refractivity contribution in [3.63, 3.8) is 0 Å². The Morgan fingerprint density at radius 3 is 1.77 bits per heavy atom. The molecule has 166 valence electrons. The Bertz CT molecular complexity index is 1710. The van der Waals surface area contributed by atoms with E-state index in [9.17, 15) is 43.0 Å². The predicted octanol–water partition coefficient (Wildman–Crippen LogP) is 3.71. The highest BCUT2D eigenvalue weighted by Crippen LogP contribution is 2.29. The molecule has 0 radical (unpaired) electrons. The van der Waals surface area contributed by atoms with Crippen molar-refractivity contribution in [2.45, 2.75) is 0 Å². The van der Waals surface area contributed by atoms with E-state index in [-0.39, 0.29) is 27.1 Å². The van der Waals surface area contributed by atoms with Crippen LogP contribution in [0.5, 0.6) is 0 Å². The molecule has 0 spiro atoms. The van der Waals surface area contributed by atoms with Crippen molar-refractivity contribution in [3.05, 3.63) is 92.6 Å². The van der Waals surface area contributed by atoms with Gasteiger partial charge in [-0.3, -0.25) is 0 Å². The van der Waals surface area contributed by atoms with Gasteiger partial charge in [0, 0.05) is 16.0 Å². The van der Waals surface area contributed by atoms with Gasteiger partial charge in [0.05, 0.1) is 22.8 Å². The molecule has 3 aromatic carbocycles. The van der Waals surface area contributed by atoms with E-state index in [2.05, 4.69) is 0 Å². The minimum atomic E-state index is -2.02. The highest BCUT2D eigenvalue weighted by atomic mass is 19.2. The van der Waals surface area contributed by atoms with E-state index in [1.165, 1.54) is 6.07 Å². The summed E-state index contributed by atoms with van der Waals surface area (Å²) in [5.74, 6) is -8.85. The lowest BCUT2D eigenvalue weighted by molar-refractivity contribution is 0.447. The summed E-state index contributed by atoms with van der Waals surface area (Å²) < 4.78 is 71.8. The highest BCUT2D eigenvalue weighted by molar-refractivity contribution is 5.84. The van der Waals surface area contributed by atoms with Gasteiger partial charge in [0.15, 0.2) is 23.3 Å².